The molecule has 1 saturated carbocycles. The lowest BCUT2D eigenvalue weighted by Gasteiger charge is -2.31. The first-order chi connectivity index (χ1) is 6.72. The zero-order chi connectivity index (χ0) is 10.4. The van der Waals surface area contributed by atoms with Crippen LogP contribution < -0.4 is 5.73 Å². The minimum atomic E-state index is 0.809. The molecule has 0 aromatic carbocycles. The molecule has 0 radical (unpaired) electrons. The van der Waals surface area contributed by atoms with E-state index in [1.54, 1.807) is 0 Å². The lowest BCUT2D eigenvalue weighted by Crippen LogP contribution is -2.32. The van der Waals surface area contributed by atoms with Gasteiger partial charge in [-0.3, -0.25) is 0 Å². The van der Waals surface area contributed by atoms with Crippen molar-refractivity contribution >= 4 is 0 Å². The molecule has 0 aromatic heterocycles. The van der Waals surface area contributed by atoms with E-state index in [1.807, 2.05) is 0 Å². The highest BCUT2D eigenvalue weighted by atomic mass is 15.1. The first-order valence-corrected chi connectivity index (χ1v) is 6.11. The maximum Gasteiger partial charge on any atom is 0.000672 e. The first kappa shape index (κ1) is 12.0. The molecule has 0 amide bonds. The molecule has 84 valence electrons. The molecule has 0 aliphatic heterocycles. The summed E-state index contributed by atoms with van der Waals surface area (Å²) < 4.78 is 0. The van der Waals surface area contributed by atoms with Gasteiger partial charge in [0.1, 0.15) is 0 Å². The van der Waals surface area contributed by atoms with Gasteiger partial charge in [-0.1, -0.05) is 13.3 Å². The fourth-order valence-corrected chi connectivity index (χ4v) is 2.28. The molecule has 1 rings (SSSR count). The molecule has 14 heavy (non-hydrogen) atoms. The third-order valence-electron chi connectivity index (χ3n) is 3.32. The standard InChI is InChI=1S/C12H26N2/c1-11(5-4-8-13)9-14(2)10-12-6-3-7-12/h11-12H,3-10,13H2,1-2H3. The van der Waals surface area contributed by atoms with Crippen molar-refractivity contribution < 1.29 is 0 Å². The van der Waals surface area contributed by atoms with Gasteiger partial charge in [-0.05, 0) is 51.1 Å². The SMILES string of the molecule is CC(CCCN)CN(C)CC1CCC1. The number of hydrogen-bond acceptors (Lipinski definition) is 2. The normalized spacial score (nSPS) is 19.7. The van der Waals surface area contributed by atoms with Crippen LogP contribution in [0.25, 0.3) is 0 Å². The van der Waals surface area contributed by atoms with Crippen LogP contribution in [0.5, 0.6) is 0 Å². The van der Waals surface area contributed by atoms with E-state index in [2.05, 4.69) is 18.9 Å². The quantitative estimate of drug-likeness (QED) is 0.679. The molecular weight excluding hydrogens is 172 g/mol. The second-order valence-electron chi connectivity index (χ2n) is 5.05. The van der Waals surface area contributed by atoms with Crippen LogP contribution in [0.3, 0.4) is 0 Å². The summed E-state index contributed by atoms with van der Waals surface area (Å²) in [7, 11) is 2.26. The van der Waals surface area contributed by atoms with Crippen molar-refractivity contribution in [2.75, 3.05) is 26.7 Å². The van der Waals surface area contributed by atoms with Crippen LogP contribution in [0.2, 0.25) is 0 Å². The van der Waals surface area contributed by atoms with Gasteiger partial charge < -0.3 is 10.6 Å². The predicted molar refractivity (Wildman–Crippen MR) is 62.3 cm³/mol. The van der Waals surface area contributed by atoms with Gasteiger partial charge in [-0.2, -0.15) is 0 Å². The van der Waals surface area contributed by atoms with E-state index in [9.17, 15) is 0 Å². The van der Waals surface area contributed by atoms with Gasteiger partial charge in [-0.15, -0.1) is 0 Å². The molecule has 0 spiro atoms. The summed E-state index contributed by atoms with van der Waals surface area (Å²) in [5.41, 5.74) is 5.51. The second-order valence-corrected chi connectivity index (χ2v) is 5.05. The molecular formula is C12H26N2. The van der Waals surface area contributed by atoms with Crippen LogP contribution in [0.1, 0.15) is 39.0 Å². The van der Waals surface area contributed by atoms with Gasteiger partial charge in [0.2, 0.25) is 0 Å². The highest BCUT2D eigenvalue weighted by Crippen LogP contribution is 2.26. The molecule has 1 aliphatic rings. The van der Waals surface area contributed by atoms with Crippen molar-refractivity contribution in [2.24, 2.45) is 17.6 Å². The zero-order valence-corrected chi connectivity index (χ0v) is 9.84. The van der Waals surface area contributed by atoms with Crippen molar-refractivity contribution in [1.82, 2.24) is 4.90 Å². The Hall–Kier alpha value is -0.0800. The van der Waals surface area contributed by atoms with Gasteiger partial charge in [-0.25, -0.2) is 0 Å². The van der Waals surface area contributed by atoms with Gasteiger partial charge >= 0.3 is 0 Å². The molecule has 1 atom stereocenters. The molecule has 2 N–H and O–H groups in total. The van der Waals surface area contributed by atoms with Gasteiger partial charge in [0.15, 0.2) is 0 Å². The summed E-state index contributed by atoms with van der Waals surface area (Å²) in [5.74, 6) is 1.81. The lowest BCUT2D eigenvalue weighted by molar-refractivity contribution is 0.185. The van der Waals surface area contributed by atoms with Gasteiger partial charge in [0, 0.05) is 13.1 Å². The van der Waals surface area contributed by atoms with Crippen molar-refractivity contribution in [2.45, 2.75) is 39.0 Å². The Bertz CT molecular complexity index is 143. The number of nitrogens with two attached hydrogens (primary N) is 1. The summed E-state index contributed by atoms with van der Waals surface area (Å²) in [4.78, 5) is 2.50. The summed E-state index contributed by atoms with van der Waals surface area (Å²) in [5, 5.41) is 0. The highest BCUT2D eigenvalue weighted by Gasteiger charge is 2.19. The Balaban J connectivity index is 2.02. The van der Waals surface area contributed by atoms with E-state index in [4.69, 9.17) is 5.73 Å². The van der Waals surface area contributed by atoms with E-state index < -0.39 is 0 Å². The maximum atomic E-state index is 5.51. The van der Waals surface area contributed by atoms with E-state index in [-0.39, 0.29) is 0 Å². The lowest BCUT2D eigenvalue weighted by atomic mass is 9.85. The van der Waals surface area contributed by atoms with E-state index in [1.165, 1.54) is 45.2 Å². The minimum Gasteiger partial charge on any atom is -0.330 e. The smallest absolute Gasteiger partial charge is 0.000672 e. The Morgan fingerprint density at radius 2 is 2.14 bits per heavy atom. The average Bonchev–Trinajstić information content (AvgIpc) is 2.08. The molecule has 1 fully saturated rings. The van der Waals surface area contributed by atoms with Crippen LogP contribution >= 0.6 is 0 Å². The van der Waals surface area contributed by atoms with Crippen LogP contribution in [0.4, 0.5) is 0 Å². The van der Waals surface area contributed by atoms with Crippen LogP contribution in [0, 0.1) is 11.8 Å². The number of nitrogens with zero attached hydrogens (tertiary/aromatic N) is 1. The fraction of sp³-hybridized carbons (Fsp3) is 1.00. The minimum absolute atomic E-state index is 0.809. The van der Waals surface area contributed by atoms with E-state index in [0.717, 1.165) is 18.4 Å². The van der Waals surface area contributed by atoms with Crippen LogP contribution in [-0.2, 0) is 0 Å². The molecule has 0 aromatic rings. The summed E-state index contributed by atoms with van der Waals surface area (Å²) in [6, 6.07) is 0. The Morgan fingerprint density at radius 3 is 2.64 bits per heavy atom. The Kier molecular flexibility index (Phi) is 5.49. The Morgan fingerprint density at radius 1 is 1.43 bits per heavy atom. The third-order valence-corrected chi connectivity index (χ3v) is 3.32. The topological polar surface area (TPSA) is 29.3 Å². The molecule has 0 saturated heterocycles. The van der Waals surface area contributed by atoms with E-state index in [0.29, 0.717) is 0 Å². The van der Waals surface area contributed by atoms with Crippen LogP contribution in [-0.4, -0.2) is 31.6 Å². The van der Waals surface area contributed by atoms with Crippen molar-refractivity contribution in [1.29, 1.82) is 0 Å². The molecule has 2 heteroatoms. The zero-order valence-electron chi connectivity index (χ0n) is 9.84. The average molecular weight is 198 g/mol. The first-order valence-electron chi connectivity index (χ1n) is 6.11. The molecule has 0 heterocycles. The largest absolute Gasteiger partial charge is 0.330 e. The third kappa shape index (κ3) is 4.43. The predicted octanol–water partition coefficient (Wildman–Crippen LogP) is 2.09. The van der Waals surface area contributed by atoms with Gasteiger partial charge in [0.05, 0.1) is 0 Å². The number of hydrogen-bond donors (Lipinski definition) is 1. The molecule has 0 bridgehead atoms. The Labute approximate surface area is 88.8 Å². The highest BCUT2D eigenvalue weighted by molar-refractivity contribution is 4.73. The molecule has 1 aliphatic carbocycles. The van der Waals surface area contributed by atoms with Crippen molar-refractivity contribution in [3.63, 3.8) is 0 Å². The van der Waals surface area contributed by atoms with Crippen LogP contribution in [0.15, 0.2) is 0 Å². The second kappa shape index (κ2) is 6.41. The van der Waals surface area contributed by atoms with Crippen molar-refractivity contribution in [3.05, 3.63) is 0 Å². The maximum absolute atomic E-state index is 5.51. The number of rotatable bonds is 7. The summed E-state index contributed by atoms with van der Waals surface area (Å²) in [6.45, 7) is 5.74. The van der Waals surface area contributed by atoms with Crippen molar-refractivity contribution in [3.8, 4) is 0 Å². The fourth-order valence-electron chi connectivity index (χ4n) is 2.28. The van der Waals surface area contributed by atoms with E-state index >= 15 is 0 Å². The van der Waals surface area contributed by atoms with Gasteiger partial charge in [0.25, 0.3) is 0 Å². The molecule has 2 nitrogen and oxygen atoms in total. The summed E-state index contributed by atoms with van der Waals surface area (Å²) >= 11 is 0. The molecule has 1 unspecified atom stereocenters. The summed E-state index contributed by atoms with van der Waals surface area (Å²) in [6.07, 6.45) is 6.84. The monoisotopic (exact) mass is 198 g/mol.